The second kappa shape index (κ2) is 14.5. The zero-order chi connectivity index (χ0) is 24.0. The summed E-state index contributed by atoms with van der Waals surface area (Å²) in [6.45, 7) is 7.37. The van der Waals surface area contributed by atoms with E-state index in [1.165, 1.54) is 30.0 Å². The minimum Gasteiger partial charge on any atom is -0.378 e. The van der Waals surface area contributed by atoms with Gasteiger partial charge in [0.05, 0.1) is 39.6 Å². The number of hydrogen-bond acceptors (Lipinski definition) is 5. The number of ether oxygens (including phenoxy) is 3. The lowest BCUT2D eigenvalue weighted by molar-refractivity contribution is -0.119. The summed E-state index contributed by atoms with van der Waals surface area (Å²) in [5.74, 6) is -0.270. The fourth-order valence-electron chi connectivity index (χ4n) is 3.57. The molecular weight excluding hydrogens is 437 g/mol. The number of fused-ring (bicyclic) bond motifs is 1. The summed E-state index contributed by atoms with van der Waals surface area (Å²) in [5.41, 5.74) is 3.46. The van der Waals surface area contributed by atoms with Gasteiger partial charge in [0.2, 0.25) is 5.91 Å². The van der Waals surface area contributed by atoms with Crippen molar-refractivity contribution in [2.45, 2.75) is 20.0 Å². The smallest absolute Gasteiger partial charge is 0.216 e. The van der Waals surface area contributed by atoms with Crippen molar-refractivity contribution in [3.05, 3.63) is 71.7 Å². The van der Waals surface area contributed by atoms with Gasteiger partial charge in [-0.2, -0.15) is 0 Å². The number of carbonyl (C=O) groups is 1. The molecule has 0 aliphatic heterocycles. The van der Waals surface area contributed by atoms with Crippen LogP contribution in [0, 0.1) is 5.82 Å². The highest BCUT2D eigenvalue weighted by molar-refractivity contribution is 5.83. The van der Waals surface area contributed by atoms with Crippen LogP contribution >= 0.6 is 0 Å². The lowest BCUT2D eigenvalue weighted by atomic mass is 10.1. The van der Waals surface area contributed by atoms with Crippen molar-refractivity contribution in [2.75, 3.05) is 52.7 Å². The van der Waals surface area contributed by atoms with E-state index in [0.29, 0.717) is 52.7 Å². The maximum atomic E-state index is 13.2. The van der Waals surface area contributed by atoms with Crippen molar-refractivity contribution in [3.63, 3.8) is 0 Å². The van der Waals surface area contributed by atoms with Crippen LogP contribution in [0.3, 0.4) is 0 Å². The number of carbonyl (C=O) groups excluding carboxylic acids is 1. The van der Waals surface area contributed by atoms with E-state index in [9.17, 15) is 9.18 Å². The van der Waals surface area contributed by atoms with E-state index < -0.39 is 0 Å². The van der Waals surface area contributed by atoms with Gasteiger partial charge in [0.15, 0.2) is 0 Å². The van der Waals surface area contributed by atoms with Gasteiger partial charge in [-0.15, -0.1) is 0 Å². The summed E-state index contributed by atoms with van der Waals surface area (Å²) >= 11 is 0. The van der Waals surface area contributed by atoms with E-state index in [1.807, 2.05) is 12.1 Å². The molecule has 0 saturated carbocycles. The fourth-order valence-corrected chi connectivity index (χ4v) is 3.57. The molecule has 0 fully saturated rings. The zero-order valence-electron chi connectivity index (χ0n) is 19.7. The molecule has 2 aromatic carbocycles. The second-order valence-corrected chi connectivity index (χ2v) is 7.92. The molecule has 184 valence electrons. The average molecular weight is 472 g/mol. The molecule has 1 aromatic heterocycles. The van der Waals surface area contributed by atoms with Crippen molar-refractivity contribution in [2.24, 2.45) is 0 Å². The second-order valence-electron chi connectivity index (χ2n) is 7.92. The third-order valence-corrected chi connectivity index (χ3v) is 5.27. The predicted molar refractivity (Wildman–Crippen MR) is 130 cm³/mol. The fraction of sp³-hybridized carbons (Fsp3) is 0.423. The van der Waals surface area contributed by atoms with Crippen molar-refractivity contribution >= 4 is 16.8 Å². The molecule has 3 rings (SSSR count). The van der Waals surface area contributed by atoms with Gasteiger partial charge >= 0.3 is 0 Å². The van der Waals surface area contributed by atoms with Crippen molar-refractivity contribution in [1.29, 1.82) is 0 Å². The number of halogens is 1. The highest BCUT2D eigenvalue weighted by Crippen LogP contribution is 2.21. The first-order valence-electron chi connectivity index (χ1n) is 11.6. The summed E-state index contributed by atoms with van der Waals surface area (Å²) in [5, 5.41) is 7.31. The molecule has 3 aromatic rings. The molecule has 0 saturated heterocycles. The molecule has 0 aliphatic carbocycles. The summed E-state index contributed by atoms with van der Waals surface area (Å²) in [7, 11) is 0. The van der Waals surface area contributed by atoms with Crippen molar-refractivity contribution in [3.8, 4) is 0 Å². The summed E-state index contributed by atoms with van der Waals surface area (Å²) < 4.78 is 31.8. The monoisotopic (exact) mass is 471 g/mol. The number of nitrogens with one attached hydrogen (secondary N) is 2. The van der Waals surface area contributed by atoms with Crippen LogP contribution in [0.1, 0.15) is 18.1 Å². The Kier molecular flexibility index (Phi) is 11.0. The first-order valence-corrected chi connectivity index (χ1v) is 11.6. The molecule has 1 amide bonds. The van der Waals surface area contributed by atoms with E-state index in [4.69, 9.17) is 14.2 Å². The molecule has 7 nitrogen and oxygen atoms in total. The van der Waals surface area contributed by atoms with Gasteiger partial charge in [-0.25, -0.2) is 4.39 Å². The third-order valence-electron chi connectivity index (χ3n) is 5.27. The SMILES string of the molecule is CC(=O)NCCOCCOCCOCCNCc1cccc2c1ccn2Cc1ccc(F)cc1. The minimum absolute atomic E-state index is 0.0545. The molecule has 8 heteroatoms. The number of amides is 1. The summed E-state index contributed by atoms with van der Waals surface area (Å²) in [6.07, 6.45) is 2.08. The maximum absolute atomic E-state index is 13.2. The molecule has 2 N–H and O–H groups in total. The minimum atomic E-state index is -0.216. The van der Waals surface area contributed by atoms with E-state index in [-0.39, 0.29) is 11.7 Å². The average Bonchev–Trinajstić information content (AvgIpc) is 3.24. The van der Waals surface area contributed by atoms with Crippen LogP contribution in [0.5, 0.6) is 0 Å². The Bertz CT molecular complexity index is 1010. The third kappa shape index (κ3) is 8.87. The van der Waals surface area contributed by atoms with Crippen LogP contribution in [-0.4, -0.2) is 63.2 Å². The Morgan fingerprint density at radius 2 is 1.56 bits per heavy atom. The summed E-state index contributed by atoms with van der Waals surface area (Å²) in [6, 6.07) is 15.1. The standard InChI is InChI=1S/C26H34FN3O4/c1-21(31)29-11-14-33-16-18-34-17-15-32-13-10-28-19-23-3-2-4-26-25(23)9-12-30(26)20-22-5-7-24(27)8-6-22/h2-9,12,28H,10-11,13-20H2,1H3,(H,29,31). The van der Waals surface area contributed by atoms with Crippen LogP contribution in [0.4, 0.5) is 4.39 Å². The van der Waals surface area contributed by atoms with E-state index in [1.54, 1.807) is 0 Å². The Hall–Kier alpha value is -2.78. The molecule has 34 heavy (non-hydrogen) atoms. The molecule has 1 heterocycles. The van der Waals surface area contributed by atoms with Crippen LogP contribution in [-0.2, 0) is 32.1 Å². The normalized spacial score (nSPS) is 11.2. The number of rotatable bonds is 16. The first kappa shape index (κ1) is 25.8. The summed E-state index contributed by atoms with van der Waals surface area (Å²) in [4.78, 5) is 10.7. The van der Waals surface area contributed by atoms with Gasteiger partial charge in [0.25, 0.3) is 0 Å². The van der Waals surface area contributed by atoms with Crippen LogP contribution in [0.2, 0.25) is 0 Å². The maximum Gasteiger partial charge on any atom is 0.216 e. The molecule has 0 unspecified atom stereocenters. The Labute approximate surface area is 200 Å². The highest BCUT2D eigenvalue weighted by atomic mass is 19.1. The number of nitrogens with zero attached hydrogens (tertiary/aromatic N) is 1. The number of hydrogen-bond donors (Lipinski definition) is 2. The van der Waals surface area contributed by atoms with Crippen LogP contribution < -0.4 is 10.6 Å². The predicted octanol–water partition coefficient (Wildman–Crippen LogP) is 3.10. The topological polar surface area (TPSA) is 73.8 Å². The molecular formula is C26H34FN3O4. The molecule has 0 radical (unpaired) electrons. The van der Waals surface area contributed by atoms with Gasteiger partial charge in [-0.05, 0) is 35.4 Å². The lowest BCUT2D eigenvalue weighted by Gasteiger charge is -2.10. The van der Waals surface area contributed by atoms with E-state index in [0.717, 1.165) is 24.2 Å². The van der Waals surface area contributed by atoms with Crippen molar-refractivity contribution < 1.29 is 23.4 Å². The van der Waals surface area contributed by atoms with E-state index >= 15 is 0 Å². The van der Waals surface area contributed by atoms with Crippen LogP contribution in [0.25, 0.3) is 10.9 Å². The molecule has 0 spiro atoms. The van der Waals surface area contributed by atoms with Gasteiger partial charge in [0, 0.05) is 50.2 Å². The quantitative estimate of drug-likeness (QED) is 0.314. The molecule has 0 bridgehead atoms. The van der Waals surface area contributed by atoms with Gasteiger partial charge in [-0.3, -0.25) is 4.79 Å². The molecule has 0 atom stereocenters. The van der Waals surface area contributed by atoms with Gasteiger partial charge in [-0.1, -0.05) is 24.3 Å². The molecule has 0 aliphatic rings. The van der Waals surface area contributed by atoms with Crippen molar-refractivity contribution in [1.82, 2.24) is 15.2 Å². The van der Waals surface area contributed by atoms with E-state index in [2.05, 4.69) is 45.7 Å². The van der Waals surface area contributed by atoms with Gasteiger partial charge in [0.1, 0.15) is 5.82 Å². The Morgan fingerprint density at radius 3 is 2.26 bits per heavy atom. The highest BCUT2D eigenvalue weighted by Gasteiger charge is 2.06. The Balaban J connectivity index is 1.27. The zero-order valence-corrected chi connectivity index (χ0v) is 19.7. The lowest BCUT2D eigenvalue weighted by Crippen LogP contribution is -2.25. The number of benzene rings is 2. The first-order chi connectivity index (χ1) is 16.6. The Morgan fingerprint density at radius 1 is 0.882 bits per heavy atom. The van der Waals surface area contributed by atoms with Crippen LogP contribution in [0.15, 0.2) is 54.7 Å². The largest absolute Gasteiger partial charge is 0.378 e. The van der Waals surface area contributed by atoms with Gasteiger partial charge < -0.3 is 29.4 Å². The number of aromatic nitrogens is 1.